The van der Waals surface area contributed by atoms with Gasteiger partial charge in [0.05, 0.1) is 6.54 Å². The Balaban J connectivity index is 1.38. The zero-order valence-electron chi connectivity index (χ0n) is 14.6. The Labute approximate surface area is 156 Å². The molecule has 1 amide bonds. The topological polar surface area (TPSA) is 58.4 Å². The number of aryl methyl sites for hydroxylation is 1. The highest BCUT2D eigenvalue weighted by Crippen LogP contribution is 2.34. The van der Waals surface area contributed by atoms with Crippen molar-refractivity contribution in [1.82, 2.24) is 10.1 Å². The summed E-state index contributed by atoms with van der Waals surface area (Å²) in [5.41, 5.74) is 2.88. The molecule has 1 fully saturated rings. The molecule has 6 heteroatoms. The number of likely N-dealkylation sites (tertiary alicyclic amines) is 1. The monoisotopic (exact) mass is 367 g/mol. The molecular weight excluding hydrogens is 346 g/mol. The van der Waals surface area contributed by atoms with Crippen LogP contribution in [0.25, 0.3) is 11.3 Å². The van der Waals surface area contributed by atoms with Crippen molar-refractivity contribution in [3.8, 4) is 11.3 Å². The lowest BCUT2D eigenvalue weighted by Crippen LogP contribution is -2.32. The average molecular weight is 367 g/mol. The molecule has 1 aromatic carbocycles. The van der Waals surface area contributed by atoms with Gasteiger partial charge in [-0.15, -0.1) is 11.3 Å². The zero-order valence-corrected chi connectivity index (χ0v) is 15.5. The molecule has 26 heavy (non-hydrogen) atoms. The first kappa shape index (κ1) is 17.0. The maximum Gasteiger partial charge on any atom is 0.240 e. The van der Waals surface area contributed by atoms with Crippen LogP contribution in [0.2, 0.25) is 0 Å². The molecule has 3 heterocycles. The minimum absolute atomic E-state index is 0.0694. The van der Waals surface area contributed by atoms with Crippen LogP contribution in [0.3, 0.4) is 0 Å². The number of nitrogens with one attached hydrogen (secondary N) is 1. The number of nitrogens with zero attached hydrogens (tertiary/aromatic N) is 2. The van der Waals surface area contributed by atoms with Gasteiger partial charge in [-0.2, -0.15) is 0 Å². The Morgan fingerprint density at radius 3 is 2.96 bits per heavy atom. The van der Waals surface area contributed by atoms with Crippen molar-refractivity contribution < 1.29 is 9.32 Å². The number of carbonyl (C=O) groups is 1. The third-order valence-corrected chi connectivity index (χ3v) is 5.68. The highest BCUT2D eigenvalue weighted by atomic mass is 32.1. The lowest BCUT2D eigenvalue weighted by atomic mass is 10.1. The number of amides is 1. The predicted octanol–water partition coefficient (Wildman–Crippen LogP) is 4.49. The molecule has 0 spiro atoms. The summed E-state index contributed by atoms with van der Waals surface area (Å²) in [4.78, 5) is 16.0. The minimum Gasteiger partial charge on any atom is -0.338 e. The van der Waals surface area contributed by atoms with Crippen molar-refractivity contribution in [3.05, 3.63) is 58.3 Å². The van der Waals surface area contributed by atoms with Gasteiger partial charge in [-0.05, 0) is 37.8 Å². The average Bonchev–Trinajstić information content (AvgIpc) is 3.36. The van der Waals surface area contributed by atoms with Crippen LogP contribution in [0.1, 0.15) is 29.3 Å². The number of rotatable bonds is 5. The summed E-state index contributed by atoms with van der Waals surface area (Å²) in [6.45, 7) is 3.35. The molecular formula is C20H21N3O2S. The summed E-state index contributed by atoms with van der Waals surface area (Å²) in [5, 5.41) is 8.98. The van der Waals surface area contributed by atoms with E-state index >= 15 is 0 Å². The van der Waals surface area contributed by atoms with Crippen LogP contribution in [0.15, 0.2) is 52.4 Å². The summed E-state index contributed by atoms with van der Waals surface area (Å²) >= 11 is 1.76. The van der Waals surface area contributed by atoms with E-state index in [1.807, 2.05) is 31.2 Å². The first-order valence-corrected chi connectivity index (χ1v) is 9.68. The van der Waals surface area contributed by atoms with E-state index in [1.54, 1.807) is 17.4 Å². The highest BCUT2D eigenvalue weighted by molar-refractivity contribution is 7.10. The van der Waals surface area contributed by atoms with Crippen molar-refractivity contribution in [1.29, 1.82) is 0 Å². The fraction of sp³-hybridized carbons (Fsp3) is 0.300. The van der Waals surface area contributed by atoms with Crippen LogP contribution in [0.4, 0.5) is 5.88 Å². The highest BCUT2D eigenvalue weighted by Gasteiger charge is 2.28. The van der Waals surface area contributed by atoms with E-state index in [0.29, 0.717) is 18.5 Å². The summed E-state index contributed by atoms with van der Waals surface area (Å²) in [7, 11) is 0. The molecule has 5 nitrogen and oxygen atoms in total. The molecule has 3 aromatic rings. The van der Waals surface area contributed by atoms with Crippen LogP contribution in [0, 0.1) is 6.92 Å². The Bertz CT molecular complexity index is 871. The van der Waals surface area contributed by atoms with Crippen LogP contribution < -0.4 is 5.32 Å². The molecule has 1 N–H and O–H groups in total. The molecule has 0 saturated carbocycles. The van der Waals surface area contributed by atoms with Gasteiger partial charge in [0.2, 0.25) is 11.8 Å². The van der Waals surface area contributed by atoms with Crippen molar-refractivity contribution >= 4 is 23.1 Å². The molecule has 0 radical (unpaired) electrons. The van der Waals surface area contributed by atoms with E-state index < -0.39 is 0 Å². The van der Waals surface area contributed by atoms with Crippen molar-refractivity contribution in [2.24, 2.45) is 0 Å². The molecule has 134 valence electrons. The molecule has 4 rings (SSSR count). The van der Waals surface area contributed by atoms with Gasteiger partial charge >= 0.3 is 0 Å². The fourth-order valence-corrected chi connectivity index (χ4v) is 4.27. The van der Waals surface area contributed by atoms with E-state index in [9.17, 15) is 4.79 Å². The van der Waals surface area contributed by atoms with E-state index in [4.69, 9.17) is 4.52 Å². The summed E-state index contributed by atoms with van der Waals surface area (Å²) in [5.74, 6) is 0.317. The van der Waals surface area contributed by atoms with Crippen molar-refractivity contribution in [2.75, 3.05) is 18.4 Å². The fourth-order valence-electron chi connectivity index (χ4n) is 3.37. The molecule has 2 aromatic heterocycles. The normalized spacial score (nSPS) is 17.5. The first-order valence-electron chi connectivity index (χ1n) is 8.80. The first-order chi connectivity index (χ1) is 12.7. The second kappa shape index (κ2) is 7.43. The maximum atomic E-state index is 12.4. The number of anilines is 1. The van der Waals surface area contributed by atoms with Gasteiger partial charge in [0.15, 0.2) is 0 Å². The van der Waals surface area contributed by atoms with E-state index in [-0.39, 0.29) is 5.91 Å². The Morgan fingerprint density at radius 2 is 2.19 bits per heavy atom. The van der Waals surface area contributed by atoms with Crippen LogP contribution in [-0.4, -0.2) is 29.1 Å². The number of hydrogen-bond donors (Lipinski definition) is 1. The van der Waals surface area contributed by atoms with Gasteiger partial charge in [-0.3, -0.25) is 15.0 Å². The van der Waals surface area contributed by atoms with Gasteiger partial charge in [0.1, 0.15) is 5.69 Å². The molecule has 1 saturated heterocycles. The lowest BCUT2D eigenvalue weighted by molar-refractivity contribution is -0.117. The largest absolute Gasteiger partial charge is 0.338 e. The summed E-state index contributed by atoms with van der Waals surface area (Å²) in [6, 6.07) is 14.4. The Morgan fingerprint density at radius 1 is 1.35 bits per heavy atom. The SMILES string of the molecule is Cc1ccc(-c2cc(NC(=O)CN3CCC[C@@H]3c3cccs3)on2)cc1. The summed E-state index contributed by atoms with van der Waals surface area (Å²) < 4.78 is 5.29. The van der Waals surface area contributed by atoms with Gasteiger partial charge in [-0.1, -0.05) is 41.1 Å². The quantitative estimate of drug-likeness (QED) is 0.722. The molecule has 1 aliphatic heterocycles. The van der Waals surface area contributed by atoms with Gasteiger partial charge in [0.25, 0.3) is 0 Å². The Hall–Kier alpha value is -2.44. The molecule has 1 atom stereocenters. The Kier molecular flexibility index (Phi) is 4.86. The number of carbonyl (C=O) groups excluding carboxylic acids is 1. The number of thiophene rings is 1. The molecule has 1 aliphatic rings. The van der Waals surface area contributed by atoms with Crippen LogP contribution in [-0.2, 0) is 4.79 Å². The maximum absolute atomic E-state index is 12.4. The van der Waals surface area contributed by atoms with E-state index in [2.05, 4.69) is 32.9 Å². The van der Waals surface area contributed by atoms with Crippen molar-refractivity contribution in [2.45, 2.75) is 25.8 Å². The smallest absolute Gasteiger partial charge is 0.240 e. The van der Waals surface area contributed by atoms with Gasteiger partial charge in [0, 0.05) is 22.5 Å². The number of aromatic nitrogens is 1. The minimum atomic E-state index is -0.0694. The van der Waals surface area contributed by atoms with E-state index in [1.165, 1.54) is 10.4 Å². The van der Waals surface area contributed by atoms with Crippen molar-refractivity contribution in [3.63, 3.8) is 0 Å². The lowest BCUT2D eigenvalue weighted by Gasteiger charge is -2.22. The third kappa shape index (κ3) is 3.71. The van der Waals surface area contributed by atoms with Gasteiger partial charge in [-0.25, -0.2) is 0 Å². The number of benzene rings is 1. The molecule has 0 bridgehead atoms. The summed E-state index contributed by atoms with van der Waals surface area (Å²) in [6.07, 6.45) is 2.23. The second-order valence-electron chi connectivity index (χ2n) is 6.63. The number of hydrogen-bond acceptors (Lipinski definition) is 5. The standard InChI is InChI=1S/C20H21N3O2S/c1-14-6-8-15(9-7-14)16-12-20(25-22-16)21-19(24)13-23-10-2-4-17(23)18-5-3-11-26-18/h3,5-9,11-12,17H,2,4,10,13H2,1H3,(H,21,24)/t17-/m1/s1. The molecule has 0 unspecified atom stereocenters. The third-order valence-electron chi connectivity index (χ3n) is 4.70. The zero-order chi connectivity index (χ0) is 17.9. The van der Waals surface area contributed by atoms with Crippen LogP contribution >= 0.6 is 11.3 Å². The van der Waals surface area contributed by atoms with Gasteiger partial charge < -0.3 is 4.52 Å². The van der Waals surface area contributed by atoms with Crippen LogP contribution in [0.5, 0.6) is 0 Å². The predicted molar refractivity (Wildman–Crippen MR) is 103 cm³/mol. The molecule has 0 aliphatic carbocycles. The second-order valence-corrected chi connectivity index (χ2v) is 7.61. The van der Waals surface area contributed by atoms with E-state index in [0.717, 1.165) is 30.6 Å².